The van der Waals surface area contributed by atoms with Gasteiger partial charge in [0, 0.05) is 6.04 Å². The van der Waals surface area contributed by atoms with Gasteiger partial charge in [0.05, 0.1) is 0 Å². The molecule has 20 heavy (non-hydrogen) atoms. The summed E-state index contributed by atoms with van der Waals surface area (Å²) in [5.41, 5.74) is 9.38. The molecule has 2 aromatic rings. The van der Waals surface area contributed by atoms with Crippen LogP contribution in [0.15, 0.2) is 78.9 Å². The van der Waals surface area contributed by atoms with E-state index in [1.165, 1.54) is 16.7 Å². The van der Waals surface area contributed by atoms with Gasteiger partial charge in [-0.15, -0.1) is 0 Å². The van der Waals surface area contributed by atoms with Gasteiger partial charge in [-0.1, -0.05) is 84.5 Å². The average Bonchev–Trinajstić information content (AvgIpc) is 2.50. The van der Waals surface area contributed by atoms with E-state index >= 15 is 0 Å². The number of aryl methyl sites for hydroxylation is 1. The van der Waals surface area contributed by atoms with Crippen LogP contribution in [0.25, 0.3) is 11.1 Å². The van der Waals surface area contributed by atoms with Crippen molar-refractivity contribution in [2.45, 2.75) is 19.4 Å². The zero-order valence-electron chi connectivity index (χ0n) is 11.9. The Hall–Kier alpha value is -2.12. The zero-order chi connectivity index (χ0) is 14.2. The van der Waals surface area contributed by atoms with Crippen molar-refractivity contribution in [2.24, 2.45) is 5.73 Å². The first-order valence-corrected chi connectivity index (χ1v) is 6.97. The molecular weight excluding hydrogens is 242 g/mol. The maximum atomic E-state index is 5.50. The third-order valence-electron chi connectivity index (χ3n) is 3.14. The van der Waals surface area contributed by atoms with Crippen molar-refractivity contribution in [2.75, 3.05) is 0 Å². The van der Waals surface area contributed by atoms with Gasteiger partial charge in [-0.25, -0.2) is 0 Å². The largest absolute Gasteiger partial charge is 0.324 e. The molecule has 0 aromatic heterocycles. The molecule has 3 rings (SSSR count). The second-order valence-electron chi connectivity index (χ2n) is 4.95. The van der Waals surface area contributed by atoms with E-state index in [-0.39, 0.29) is 6.04 Å². The van der Waals surface area contributed by atoms with Crippen molar-refractivity contribution < 1.29 is 0 Å². The van der Waals surface area contributed by atoms with Gasteiger partial charge in [0.2, 0.25) is 0 Å². The van der Waals surface area contributed by atoms with Crippen LogP contribution >= 0.6 is 0 Å². The van der Waals surface area contributed by atoms with Gasteiger partial charge in [-0.2, -0.15) is 0 Å². The van der Waals surface area contributed by atoms with Crippen LogP contribution in [0.2, 0.25) is 0 Å². The summed E-state index contributed by atoms with van der Waals surface area (Å²) in [6, 6.07) is 19.3. The van der Waals surface area contributed by atoms with Crippen LogP contribution in [-0.2, 0) is 0 Å². The lowest BCUT2D eigenvalue weighted by Crippen LogP contribution is -2.16. The number of nitrogens with two attached hydrogens (primary N) is 1. The summed E-state index contributed by atoms with van der Waals surface area (Å²) in [6.45, 7) is 2.12. The molecule has 0 saturated carbocycles. The number of hydrogen-bond donors (Lipinski definition) is 1. The van der Waals surface area contributed by atoms with Gasteiger partial charge < -0.3 is 5.73 Å². The van der Waals surface area contributed by atoms with E-state index in [1.54, 1.807) is 0 Å². The Morgan fingerprint density at radius 2 is 1.65 bits per heavy atom. The molecule has 2 aromatic carbocycles. The van der Waals surface area contributed by atoms with E-state index in [4.69, 9.17) is 5.73 Å². The van der Waals surface area contributed by atoms with Crippen molar-refractivity contribution in [3.8, 4) is 11.1 Å². The van der Waals surface area contributed by atoms with Gasteiger partial charge in [0.25, 0.3) is 0 Å². The van der Waals surface area contributed by atoms with Crippen LogP contribution in [0.3, 0.4) is 0 Å². The molecule has 1 aliphatic carbocycles. The van der Waals surface area contributed by atoms with Crippen molar-refractivity contribution >= 4 is 0 Å². The molecule has 102 valence electrons. The Morgan fingerprint density at radius 3 is 2.20 bits per heavy atom. The molecule has 0 fully saturated rings. The minimum Gasteiger partial charge on any atom is -0.324 e. The molecule has 1 unspecified atom stereocenters. The summed E-state index contributed by atoms with van der Waals surface area (Å²) in [4.78, 5) is 0. The fourth-order valence-corrected chi connectivity index (χ4v) is 2.05. The van der Waals surface area contributed by atoms with Gasteiger partial charge in [0.15, 0.2) is 0 Å². The lowest BCUT2D eigenvalue weighted by molar-refractivity contribution is 0.826. The molecule has 1 aliphatic rings. The Kier molecular flexibility index (Phi) is 5.33. The maximum Gasteiger partial charge on any atom is 0.0261 e. The Balaban J connectivity index is 0.000000178. The topological polar surface area (TPSA) is 26.0 Å². The quantitative estimate of drug-likeness (QED) is 0.806. The van der Waals surface area contributed by atoms with Gasteiger partial charge in [-0.3, -0.25) is 0 Å². The lowest BCUT2D eigenvalue weighted by atomic mass is 10.0. The Bertz CT molecular complexity index is 582. The Morgan fingerprint density at radius 1 is 0.900 bits per heavy atom. The highest BCUT2D eigenvalue weighted by atomic mass is 14.6. The molecule has 1 nitrogen and oxygen atoms in total. The fraction of sp³-hybridized carbons (Fsp3) is 0.158. The van der Waals surface area contributed by atoms with Gasteiger partial charge in [0.1, 0.15) is 0 Å². The van der Waals surface area contributed by atoms with E-state index in [1.807, 2.05) is 24.3 Å². The lowest BCUT2D eigenvalue weighted by Gasteiger charge is -2.02. The van der Waals surface area contributed by atoms with Crippen LogP contribution in [0.4, 0.5) is 0 Å². The highest BCUT2D eigenvalue weighted by molar-refractivity contribution is 5.63. The summed E-state index contributed by atoms with van der Waals surface area (Å²) >= 11 is 0. The standard InChI is InChI=1S/C13H12.C6H9N/c1-11-6-5-9-13(10-11)12-7-3-2-4-8-12;7-6-4-2-1-3-5-6/h2-10H,1H3;1-4,6H,5,7H2. The number of hydrogen-bond acceptors (Lipinski definition) is 1. The second kappa shape index (κ2) is 7.46. The van der Waals surface area contributed by atoms with E-state index < -0.39 is 0 Å². The summed E-state index contributed by atoms with van der Waals surface area (Å²) < 4.78 is 0. The molecule has 0 amide bonds. The third kappa shape index (κ3) is 4.52. The molecule has 1 heteroatoms. The molecule has 0 heterocycles. The average molecular weight is 263 g/mol. The molecule has 0 radical (unpaired) electrons. The first-order chi connectivity index (χ1) is 9.75. The monoisotopic (exact) mass is 263 g/mol. The van der Waals surface area contributed by atoms with Crippen LogP contribution in [-0.4, -0.2) is 6.04 Å². The predicted octanol–water partition coefficient (Wildman–Crippen LogP) is 4.49. The summed E-state index contributed by atoms with van der Waals surface area (Å²) in [7, 11) is 0. The van der Waals surface area contributed by atoms with Crippen LogP contribution in [0, 0.1) is 6.92 Å². The van der Waals surface area contributed by atoms with E-state index in [0.717, 1.165) is 6.42 Å². The van der Waals surface area contributed by atoms with Crippen molar-refractivity contribution in [1.29, 1.82) is 0 Å². The minimum absolute atomic E-state index is 0.269. The van der Waals surface area contributed by atoms with Crippen molar-refractivity contribution in [3.63, 3.8) is 0 Å². The zero-order valence-corrected chi connectivity index (χ0v) is 11.9. The summed E-state index contributed by atoms with van der Waals surface area (Å²) in [6.07, 6.45) is 9.07. The normalized spacial score (nSPS) is 16.4. The van der Waals surface area contributed by atoms with E-state index in [2.05, 4.69) is 61.5 Å². The van der Waals surface area contributed by atoms with Crippen LogP contribution in [0.1, 0.15) is 12.0 Å². The van der Waals surface area contributed by atoms with E-state index in [9.17, 15) is 0 Å². The van der Waals surface area contributed by atoms with Crippen LogP contribution < -0.4 is 5.73 Å². The highest BCUT2D eigenvalue weighted by Crippen LogP contribution is 2.19. The van der Waals surface area contributed by atoms with E-state index in [0.29, 0.717) is 0 Å². The number of allylic oxidation sites excluding steroid dienone is 2. The minimum atomic E-state index is 0.269. The molecule has 0 saturated heterocycles. The van der Waals surface area contributed by atoms with Crippen LogP contribution in [0.5, 0.6) is 0 Å². The summed E-state index contributed by atoms with van der Waals surface area (Å²) in [5, 5.41) is 0. The number of benzene rings is 2. The first-order valence-electron chi connectivity index (χ1n) is 6.97. The Labute approximate surface area is 121 Å². The molecule has 0 spiro atoms. The third-order valence-corrected chi connectivity index (χ3v) is 3.14. The molecule has 1 atom stereocenters. The predicted molar refractivity (Wildman–Crippen MR) is 87.5 cm³/mol. The number of rotatable bonds is 1. The highest BCUT2D eigenvalue weighted by Gasteiger charge is 1.94. The molecular formula is C19H21N. The smallest absolute Gasteiger partial charge is 0.0261 e. The van der Waals surface area contributed by atoms with Crippen molar-refractivity contribution in [1.82, 2.24) is 0 Å². The first kappa shape index (κ1) is 14.3. The SMILES string of the molecule is Cc1cccc(-c2ccccc2)c1.NC1C=CC=CC1. The molecule has 0 aliphatic heterocycles. The maximum absolute atomic E-state index is 5.50. The fourth-order valence-electron chi connectivity index (χ4n) is 2.05. The summed E-state index contributed by atoms with van der Waals surface area (Å²) in [5.74, 6) is 0. The van der Waals surface area contributed by atoms with Crippen molar-refractivity contribution in [3.05, 3.63) is 84.5 Å². The second-order valence-corrected chi connectivity index (χ2v) is 4.95. The molecule has 2 N–H and O–H groups in total. The molecule has 0 bridgehead atoms. The van der Waals surface area contributed by atoms with Gasteiger partial charge in [-0.05, 0) is 24.5 Å². The van der Waals surface area contributed by atoms with Gasteiger partial charge >= 0.3 is 0 Å².